The van der Waals surface area contributed by atoms with Crippen LogP contribution in [0.3, 0.4) is 0 Å². The van der Waals surface area contributed by atoms with E-state index in [0.717, 1.165) is 16.8 Å². The van der Waals surface area contributed by atoms with E-state index in [4.69, 9.17) is 10.00 Å². The van der Waals surface area contributed by atoms with Crippen molar-refractivity contribution in [2.24, 2.45) is 0 Å². The Kier molecular flexibility index (Phi) is 4.81. The van der Waals surface area contributed by atoms with E-state index >= 15 is 0 Å². The zero-order valence-electron chi connectivity index (χ0n) is 14.8. The van der Waals surface area contributed by atoms with E-state index in [1.165, 1.54) is 6.20 Å². The first-order chi connectivity index (χ1) is 12.5. The molecular weight excluding hydrogens is 328 g/mol. The van der Waals surface area contributed by atoms with Crippen molar-refractivity contribution in [3.8, 4) is 6.07 Å². The van der Waals surface area contributed by atoms with Gasteiger partial charge in [-0.3, -0.25) is 0 Å². The van der Waals surface area contributed by atoms with Crippen molar-refractivity contribution in [3.63, 3.8) is 0 Å². The van der Waals surface area contributed by atoms with Gasteiger partial charge in [0.2, 0.25) is 0 Å². The molecule has 1 N–H and O–H groups in total. The Morgan fingerprint density at radius 2 is 1.92 bits per heavy atom. The molecule has 2 heterocycles. The number of hydrogen-bond donors (Lipinski definition) is 1. The van der Waals surface area contributed by atoms with Crippen LogP contribution in [0.5, 0.6) is 0 Å². The minimum Gasteiger partial charge on any atom is -0.459 e. The van der Waals surface area contributed by atoms with Gasteiger partial charge < -0.3 is 10.1 Å². The maximum Gasteiger partial charge on any atom is 0.342 e. The summed E-state index contributed by atoms with van der Waals surface area (Å²) >= 11 is 0. The SMILES string of the molecule is Cc1ccc2c(Nc3ccc(C#N)cc3)c(C(=O)OC(C)C)cnc2n1. The maximum absolute atomic E-state index is 12.5. The lowest BCUT2D eigenvalue weighted by Crippen LogP contribution is -2.14. The number of nitrogens with one attached hydrogen (secondary N) is 1. The molecule has 26 heavy (non-hydrogen) atoms. The molecule has 2 aromatic heterocycles. The summed E-state index contributed by atoms with van der Waals surface area (Å²) in [5.41, 5.74) is 3.61. The predicted octanol–water partition coefficient (Wildman–Crippen LogP) is 4.12. The molecule has 0 amide bonds. The largest absolute Gasteiger partial charge is 0.459 e. The van der Waals surface area contributed by atoms with Crippen LogP contribution in [0, 0.1) is 18.3 Å². The molecule has 6 heteroatoms. The van der Waals surface area contributed by atoms with E-state index in [0.29, 0.717) is 22.5 Å². The quantitative estimate of drug-likeness (QED) is 0.715. The highest BCUT2D eigenvalue weighted by Gasteiger charge is 2.19. The molecular formula is C20H18N4O2. The minimum absolute atomic E-state index is 0.239. The van der Waals surface area contributed by atoms with Crippen LogP contribution in [-0.2, 0) is 4.74 Å². The van der Waals surface area contributed by atoms with Gasteiger partial charge in [0, 0.05) is 23.0 Å². The summed E-state index contributed by atoms with van der Waals surface area (Å²) in [4.78, 5) is 21.2. The number of nitriles is 1. The van der Waals surface area contributed by atoms with Crippen LogP contribution >= 0.6 is 0 Å². The maximum atomic E-state index is 12.5. The summed E-state index contributed by atoms with van der Waals surface area (Å²) in [5.74, 6) is -0.453. The lowest BCUT2D eigenvalue weighted by molar-refractivity contribution is 0.0379. The van der Waals surface area contributed by atoms with Gasteiger partial charge in [-0.25, -0.2) is 14.8 Å². The topological polar surface area (TPSA) is 87.9 Å². The number of ether oxygens (including phenoxy) is 1. The number of esters is 1. The number of carbonyl (C=O) groups excluding carboxylic acids is 1. The van der Waals surface area contributed by atoms with Gasteiger partial charge in [0.25, 0.3) is 0 Å². The molecule has 3 rings (SSSR count). The Morgan fingerprint density at radius 1 is 1.19 bits per heavy atom. The molecule has 0 spiro atoms. The lowest BCUT2D eigenvalue weighted by Gasteiger charge is -2.15. The van der Waals surface area contributed by atoms with Crippen molar-refractivity contribution >= 4 is 28.4 Å². The Bertz CT molecular complexity index is 1000. The molecule has 0 saturated heterocycles. The lowest BCUT2D eigenvalue weighted by atomic mass is 10.1. The summed E-state index contributed by atoms with van der Waals surface area (Å²) in [6.07, 6.45) is 1.24. The Hall–Kier alpha value is -3.46. The minimum atomic E-state index is -0.453. The number of nitrogens with zero attached hydrogens (tertiary/aromatic N) is 3. The van der Waals surface area contributed by atoms with Crippen LogP contribution in [0.1, 0.15) is 35.5 Å². The molecule has 1 aromatic carbocycles. The van der Waals surface area contributed by atoms with Crippen LogP contribution < -0.4 is 5.32 Å². The molecule has 0 bridgehead atoms. The summed E-state index contributed by atoms with van der Waals surface area (Å²) in [6, 6.07) is 12.8. The van der Waals surface area contributed by atoms with Crippen molar-refractivity contribution in [2.45, 2.75) is 26.9 Å². The van der Waals surface area contributed by atoms with Crippen LogP contribution in [0.25, 0.3) is 11.0 Å². The summed E-state index contributed by atoms with van der Waals surface area (Å²) in [7, 11) is 0. The second-order valence-electron chi connectivity index (χ2n) is 6.14. The molecule has 3 aromatic rings. The highest BCUT2D eigenvalue weighted by molar-refractivity contribution is 6.05. The Balaban J connectivity index is 2.11. The number of rotatable bonds is 4. The van der Waals surface area contributed by atoms with E-state index in [9.17, 15) is 4.79 Å². The van der Waals surface area contributed by atoms with E-state index in [1.807, 2.05) is 19.1 Å². The highest BCUT2D eigenvalue weighted by atomic mass is 16.5. The molecule has 0 radical (unpaired) electrons. The van der Waals surface area contributed by atoms with E-state index in [-0.39, 0.29) is 6.10 Å². The second-order valence-corrected chi connectivity index (χ2v) is 6.14. The fourth-order valence-corrected chi connectivity index (χ4v) is 2.51. The molecule has 0 atom stereocenters. The number of pyridine rings is 2. The van der Waals surface area contributed by atoms with Crippen LogP contribution in [0.15, 0.2) is 42.6 Å². The van der Waals surface area contributed by atoms with Crippen molar-refractivity contribution < 1.29 is 9.53 Å². The smallest absolute Gasteiger partial charge is 0.342 e. The third-order valence-corrected chi connectivity index (χ3v) is 3.71. The van der Waals surface area contributed by atoms with Crippen molar-refractivity contribution in [3.05, 3.63) is 59.4 Å². The number of aryl methyl sites for hydroxylation is 1. The third-order valence-electron chi connectivity index (χ3n) is 3.71. The van der Waals surface area contributed by atoms with Gasteiger partial charge in [0.1, 0.15) is 5.56 Å². The van der Waals surface area contributed by atoms with E-state index in [1.54, 1.807) is 38.1 Å². The van der Waals surface area contributed by atoms with Crippen molar-refractivity contribution in [1.82, 2.24) is 9.97 Å². The first kappa shape index (κ1) is 17.4. The van der Waals surface area contributed by atoms with Crippen LogP contribution in [0.2, 0.25) is 0 Å². The summed E-state index contributed by atoms with van der Waals surface area (Å²) in [5, 5.41) is 12.9. The summed E-state index contributed by atoms with van der Waals surface area (Å²) in [6.45, 7) is 5.48. The fourth-order valence-electron chi connectivity index (χ4n) is 2.51. The number of fused-ring (bicyclic) bond motifs is 1. The molecule has 0 aliphatic heterocycles. The average Bonchev–Trinajstić information content (AvgIpc) is 2.61. The van der Waals surface area contributed by atoms with Crippen LogP contribution in [0.4, 0.5) is 11.4 Å². The third kappa shape index (κ3) is 3.62. The van der Waals surface area contributed by atoms with Crippen molar-refractivity contribution in [1.29, 1.82) is 5.26 Å². The number of aromatic nitrogens is 2. The number of hydrogen-bond acceptors (Lipinski definition) is 6. The molecule has 0 fully saturated rings. The second kappa shape index (κ2) is 7.19. The molecule has 0 aliphatic carbocycles. The van der Waals surface area contributed by atoms with Gasteiger partial charge in [-0.15, -0.1) is 0 Å². The first-order valence-corrected chi connectivity index (χ1v) is 8.22. The number of carbonyl (C=O) groups is 1. The predicted molar refractivity (Wildman–Crippen MR) is 99.3 cm³/mol. The van der Waals surface area contributed by atoms with E-state index in [2.05, 4.69) is 21.4 Å². The standard InChI is InChI=1S/C20H18N4O2/c1-12(2)26-20(25)17-11-22-19-16(9-4-13(3)23-19)18(17)24-15-7-5-14(10-21)6-8-15/h4-9,11-12H,1-3H3,(H,22,23,24). The first-order valence-electron chi connectivity index (χ1n) is 8.22. The van der Waals surface area contributed by atoms with Gasteiger partial charge in [-0.05, 0) is 57.2 Å². The van der Waals surface area contributed by atoms with E-state index < -0.39 is 5.97 Å². The zero-order chi connectivity index (χ0) is 18.7. The van der Waals surface area contributed by atoms with Crippen LogP contribution in [-0.4, -0.2) is 22.0 Å². The normalized spacial score (nSPS) is 10.6. The van der Waals surface area contributed by atoms with Crippen molar-refractivity contribution in [2.75, 3.05) is 5.32 Å². The van der Waals surface area contributed by atoms with Gasteiger partial charge in [-0.2, -0.15) is 5.26 Å². The molecule has 0 aliphatic rings. The molecule has 130 valence electrons. The summed E-state index contributed by atoms with van der Waals surface area (Å²) < 4.78 is 5.34. The Labute approximate surface area is 151 Å². The highest BCUT2D eigenvalue weighted by Crippen LogP contribution is 2.29. The van der Waals surface area contributed by atoms with Gasteiger partial charge >= 0.3 is 5.97 Å². The fraction of sp³-hybridized carbons (Fsp3) is 0.200. The van der Waals surface area contributed by atoms with Gasteiger partial charge in [-0.1, -0.05) is 0 Å². The van der Waals surface area contributed by atoms with Gasteiger partial charge in [0.15, 0.2) is 5.65 Å². The molecule has 6 nitrogen and oxygen atoms in total. The zero-order valence-corrected chi connectivity index (χ0v) is 14.8. The Morgan fingerprint density at radius 3 is 2.58 bits per heavy atom. The molecule has 0 saturated carbocycles. The average molecular weight is 346 g/mol. The van der Waals surface area contributed by atoms with Gasteiger partial charge in [0.05, 0.1) is 23.4 Å². The monoisotopic (exact) mass is 346 g/mol. The number of anilines is 2. The molecule has 0 unspecified atom stereocenters. The number of benzene rings is 1.